The van der Waals surface area contributed by atoms with Gasteiger partial charge < -0.3 is 5.11 Å². The monoisotopic (exact) mass is 144 g/mol. The van der Waals surface area contributed by atoms with Crippen LogP contribution in [0.5, 0.6) is 0 Å². The van der Waals surface area contributed by atoms with E-state index in [-0.39, 0.29) is 0 Å². The van der Waals surface area contributed by atoms with Crippen molar-refractivity contribution < 1.29 is 5.11 Å². The molecule has 3 heteroatoms. The molecule has 0 amide bonds. The summed E-state index contributed by atoms with van der Waals surface area (Å²) in [7, 11) is 3.61. The molecule has 10 heavy (non-hydrogen) atoms. The Hall–Kier alpha value is -0.410. The molecule has 0 rings (SSSR count). The van der Waals surface area contributed by atoms with E-state index in [9.17, 15) is 5.11 Å². The molecule has 0 saturated carbocycles. The van der Waals surface area contributed by atoms with E-state index in [0.29, 0.717) is 0 Å². The fourth-order valence-corrected chi connectivity index (χ4v) is 0.714. The Morgan fingerprint density at radius 3 is 2.00 bits per heavy atom. The summed E-state index contributed by atoms with van der Waals surface area (Å²) in [5.41, 5.74) is -0.483. The van der Waals surface area contributed by atoms with E-state index < -0.39 is 11.8 Å². The van der Waals surface area contributed by atoms with Crippen LogP contribution in [0.25, 0.3) is 0 Å². The van der Waals surface area contributed by atoms with E-state index >= 15 is 0 Å². The van der Waals surface area contributed by atoms with Crippen LogP contribution in [0.4, 0.5) is 0 Å². The number of hydrogen-bond acceptors (Lipinski definition) is 3. The Kier molecular flexibility index (Phi) is 2.99. The minimum absolute atomic E-state index is 0.483. The lowest BCUT2D eigenvalue weighted by atomic mass is 10.0. The zero-order valence-corrected chi connectivity index (χ0v) is 7.13. The molecular weight excluding hydrogens is 128 g/mol. The van der Waals surface area contributed by atoms with Crippen LogP contribution in [0.2, 0.25) is 0 Å². The maximum atomic E-state index is 9.45. The van der Waals surface area contributed by atoms with Crippen LogP contribution >= 0.6 is 0 Å². The predicted octanol–water partition coefficient (Wildman–Crippen LogP) is 0.346. The molecule has 1 N–H and O–H groups in total. The topological polar surface area (TPSA) is 35.8 Å². The molecule has 0 aliphatic carbocycles. The van der Waals surface area contributed by atoms with Gasteiger partial charge in [0.15, 0.2) is 0 Å². The van der Waals surface area contributed by atoms with Crippen LogP contribution in [0.15, 0.2) is 4.99 Å². The second-order valence-electron chi connectivity index (χ2n) is 3.15. The van der Waals surface area contributed by atoms with Crippen molar-refractivity contribution >= 4 is 6.72 Å². The van der Waals surface area contributed by atoms with Gasteiger partial charge >= 0.3 is 0 Å². The third-order valence-electron chi connectivity index (χ3n) is 1.53. The van der Waals surface area contributed by atoms with Crippen LogP contribution in [-0.4, -0.2) is 42.6 Å². The summed E-state index contributed by atoms with van der Waals surface area (Å²) >= 11 is 0. The molecule has 0 saturated heterocycles. The summed E-state index contributed by atoms with van der Waals surface area (Å²) in [5, 5.41) is 9.45. The van der Waals surface area contributed by atoms with Gasteiger partial charge in [0, 0.05) is 0 Å². The third-order valence-corrected chi connectivity index (χ3v) is 1.53. The molecule has 0 fully saturated rings. The molecule has 0 aromatic rings. The van der Waals surface area contributed by atoms with Crippen molar-refractivity contribution in [2.75, 3.05) is 14.1 Å². The first-order valence-corrected chi connectivity index (χ1v) is 3.24. The first-order valence-electron chi connectivity index (χ1n) is 3.24. The highest BCUT2D eigenvalue weighted by molar-refractivity contribution is 5.25. The fourth-order valence-electron chi connectivity index (χ4n) is 0.714. The smallest absolute Gasteiger partial charge is 0.131 e. The zero-order chi connectivity index (χ0) is 8.36. The lowest BCUT2D eigenvalue weighted by Gasteiger charge is -2.30. The Balaban J connectivity index is 4.17. The largest absolute Gasteiger partial charge is 0.376 e. The van der Waals surface area contributed by atoms with E-state index in [1.807, 2.05) is 13.8 Å². The van der Waals surface area contributed by atoms with Crippen molar-refractivity contribution in [1.29, 1.82) is 0 Å². The Morgan fingerprint density at radius 2 is 1.90 bits per heavy atom. The van der Waals surface area contributed by atoms with Crippen molar-refractivity contribution in [3.63, 3.8) is 0 Å². The standard InChI is InChI=1S/C7H16N2O/c1-7(2,8-3)6(10)9(4)5/h6,10H,3H2,1-2,4-5H3. The molecule has 0 spiro atoms. The fraction of sp³-hybridized carbons (Fsp3) is 0.857. The molecule has 0 aliphatic rings. The summed E-state index contributed by atoms with van der Waals surface area (Å²) in [5.74, 6) is 0. The third kappa shape index (κ3) is 2.08. The molecule has 0 heterocycles. The Labute approximate surface area is 62.4 Å². The molecule has 0 radical (unpaired) electrons. The number of aliphatic hydroxyl groups is 1. The maximum Gasteiger partial charge on any atom is 0.131 e. The second-order valence-corrected chi connectivity index (χ2v) is 3.15. The molecule has 1 unspecified atom stereocenters. The maximum absolute atomic E-state index is 9.45. The van der Waals surface area contributed by atoms with Crippen LogP contribution in [0, 0.1) is 0 Å². The van der Waals surface area contributed by atoms with E-state index in [1.165, 1.54) is 0 Å². The van der Waals surface area contributed by atoms with Crippen LogP contribution in [-0.2, 0) is 0 Å². The number of hydrogen-bond donors (Lipinski definition) is 1. The van der Waals surface area contributed by atoms with E-state index in [2.05, 4.69) is 11.7 Å². The highest BCUT2D eigenvalue weighted by Gasteiger charge is 2.27. The van der Waals surface area contributed by atoms with E-state index in [0.717, 1.165) is 0 Å². The van der Waals surface area contributed by atoms with Gasteiger partial charge in [-0.15, -0.1) is 0 Å². The van der Waals surface area contributed by atoms with Crippen molar-refractivity contribution in [2.45, 2.75) is 25.6 Å². The molecule has 1 atom stereocenters. The van der Waals surface area contributed by atoms with Gasteiger partial charge in [0.1, 0.15) is 6.23 Å². The molecular formula is C7H16N2O. The number of likely N-dealkylation sites (N-methyl/N-ethyl adjacent to an activating group) is 1. The summed E-state index contributed by atoms with van der Waals surface area (Å²) in [4.78, 5) is 5.50. The average molecular weight is 144 g/mol. The van der Waals surface area contributed by atoms with Gasteiger partial charge in [0.05, 0.1) is 5.54 Å². The van der Waals surface area contributed by atoms with Crippen molar-refractivity contribution in [3.8, 4) is 0 Å². The molecule has 0 aliphatic heterocycles. The summed E-state index contributed by atoms with van der Waals surface area (Å²) in [6, 6.07) is 0. The van der Waals surface area contributed by atoms with Gasteiger partial charge in [0.25, 0.3) is 0 Å². The SMILES string of the molecule is C=NC(C)(C)C(O)N(C)C. The highest BCUT2D eigenvalue weighted by Crippen LogP contribution is 2.14. The van der Waals surface area contributed by atoms with Gasteiger partial charge in [0.2, 0.25) is 0 Å². The van der Waals surface area contributed by atoms with Crippen LogP contribution in [0.3, 0.4) is 0 Å². The number of aliphatic imine (C=N–C) groups is 1. The minimum atomic E-state index is -0.565. The molecule has 0 aromatic carbocycles. The van der Waals surface area contributed by atoms with Gasteiger partial charge in [-0.1, -0.05) is 0 Å². The lowest BCUT2D eigenvalue weighted by molar-refractivity contribution is -0.0106. The first kappa shape index (κ1) is 9.59. The van der Waals surface area contributed by atoms with Gasteiger partial charge in [-0.25, -0.2) is 0 Å². The normalized spacial score (nSPS) is 15.4. The second kappa shape index (κ2) is 3.12. The van der Waals surface area contributed by atoms with Gasteiger partial charge in [-0.3, -0.25) is 9.89 Å². The lowest BCUT2D eigenvalue weighted by Crippen LogP contribution is -2.44. The summed E-state index contributed by atoms with van der Waals surface area (Å²) in [6.45, 7) is 7.08. The number of nitrogens with zero attached hydrogens (tertiary/aromatic N) is 2. The Bertz CT molecular complexity index is 121. The summed E-state index contributed by atoms with van der Waals surface area (Å²) < 4.78 is 0. The number of rotatable bonds is 3. The number of aliphatic hydroxyl groups excluding tert-OH is 1. The molecule has 0 bridgehead atoms. The zero-order valence-electron chi connectivity index (χ0n) is 7.13. The van der Waals surface area contributed by atoms with Crippen LogP contribution < -0.4 is 0 Å². The van der Waals surface area contributed by atoms with Gasteiger partial charge in [-0.2, -0.15) is 0 Å². The van der Waals surface area contributed by atoms with Crippen molar-refractivity contribution in [3.05, 3.63) is 0 Å². The quantitative estimate of drug-likeness (QED) is 0.458. The van der Waals surface area contributed by atoms with Crippen molar-refractivity contribution in [1.82, 2.24) is 4.90 Å². The molecule has 3 nitrogen and oxygen atoms in total. The molecule has 0 aromatic heterocycles. The molecule has 60 valence electrons. The average Bonchev–Trinajstić information content (AvgIpc) is 1.86. The predicted molar refractivity (Wildman–Crippen MR) is 43.3 cm³/mol. The first-order chi connectivity index (χ1) is 4.41. The highest BCUT2D eigenvalue weighted by atomic mass is 16.3. The van der Waals surface area contributed by atoms with E-state index in [4.69, 9.17) is 0 Å². The Morgan fingerprint density at radius 1 is 1.50 bits per heavy atom. The minimum Gasteiger partial charge on any atom is -0.376 e. The van der Waals surface area contributed by atoms with Crippen LogP contribution in [0.1, 0.15) is 13.8 Å². The van der Waals surface area contributed by atoms with Crippen molar-refractivity contribution in [2.24, 2.45) is 4.99 Å². The summed E-state index contributed by atoms with van der Waals surface area (Å²) in [6.07, 6.45) is -0.565. The van der Waals surface area contributed by atoms with E-state index in [1.54, 1.807) is 19.0 Å². The van der Waals surface area contributed by atoms with Gasteiger partial charge in [-0.05, 0) is 34.7 Å².